The van der Waals surface area contributed by atoms with Crippen LogP contribution in [-0.4, -0.2) is 23.0 Å². The molecule has 0 aliphatic carbocycles. The third-order valence-electron chi connectivity index (χ3n) is 14.4. The molecule has 0 radical (unpaired) electrons. The molecule has 8 aromatic rings. The second kappa shape index (κ2) is 28.8. The normalized spacial score (nSPS) is 12.2. The Bertz CT molecular complexity index is 2520. The number of thioether (sulfide) groups is 2. The Balaban J connectivity index is 0.726. The molecule has 0 unspecified atom stereocenters. The molecule has 4 aromatic heterocycles. The topological polar surface area (TPSA) is 0 Å². The zero-order valence-corrected chi connectivity index (χ0v) is 46.9. The summed E-state index contributed by atoms with van der Waals surface area (Å²) in [6.45, 7) is 4.61. The Labute approximate surface area is 436 Å². The van der Waals surface area contributed by atoms with Crippen LogP contribution in [0, 0.1) is 0 Å². The molecular weight excluding hydrogens is 937 g/mol. The Hall–Kier alpha value is -2.06. The first-order chi connectivity index (χ1) is 33.7. The number of benzene rings is 4. The van der Waals surface area contributed by atoms with E-state index in [0.29, 0.717) is 0 Å². The summed E-state index contributed by atoms with van der Waals surface area (Å²) in [5.41, 5.74) is 6.01. The van der Waals surface area contributed by atoms with Crippen molar-refractivity contribution in [2.45, 2.75) is 194 Å². The number of hydrogen-bond donors (Lipinski definition) is 0. The average molecular weight is 1020 g/mol. The Morgan fingerprint density at radius 3 is 0.824 bits per heavy atom. The number of aryl methyl sites for hydroxylation is 4. The highest BCUT2D eigenvalue weighted by atomic mass is 32.2. The van der Waals surface area contributed by atoms with E-state index in [-0.39, 0.29) is 0 Å². The molecule has 8 rings (SSSR count). The van der Waals surface area contributed by atoms with E-state index in [4.69, 9.17) is 0 Å². The lowest BCUT2D eigenvalue weighted by atomic mass is 10.0. The second-order valence-electron chi connectivity index (χ2n) is 20.0. The van der Waals surface area contributed by atoms with Gasteiger partial charge in [0.05, 0.1) is 18.8 Å². The maximum Gasteiger partial charge on any atom is 0.0542 e. The Morgan fingerprint density at radius 1 is 0.279 bits per heavy atom. The first kappa shape index (κ1) is 52.3. The molecule has 68 heavy (non-hydrogen) atoms. The molecule has 0 amide bonds. The molecule has 0 saturated carbocycles. The minimum absolute atomic E-state index is 1.16. The number of hydrogen-bond acceptors (Lipinski definition) is 6. The summed E-state index contributed by atoms with van der Waals surface area (Å²) >= 11 is 12.4. The van der Waals surface area contributed by atoms with Gasteiger partial charge in [-0.3, -0.25) is 0 Å². The lowest BCUT2D eigenvalue weighted by Crippen LogP contribution is -1.90. The summed E-state index contributed by atoms with van der Waals surface area (Å²) in [7, 11) is 0. The maximum atomic E-state index is 2.50. The molecule has 0 nitrogen and oxygen atoms in total. The van der Waals surface area contributed by atoms with Gasteiger partial charge in [-0.05, 0) is 134 Å². The summed E-state index contributed by atoms with van der Waals surface area (Å²) in [6, 6.07) is 29.3. The molecule has 0 saturated heterocycles. The van der Waals surface area contributed by atoms with Crippen molar-refractivity contribution in [1.29, 1.82) is 0 Å². The van der Waals surface area contributed by atoms with Crippen LogP contribution in [0.25, 0.3) is 59.1 Å². The SMILES string of the molecule is CCCCCCCCCCCCSCCCc1ccc2c(c1)sc1c3ccc(CCCCc4ccc5c(c4)sc4c6ccc(CCCSCCCCCCCCCCCC)cc6sc54)cc3sc21. The van der Waals surface area contributed by atoms with Gasteiger partial charge in [-0.1, -0.05) is 178 Å². The summed E-state index contributed by atoms with van der Waals surface area (Å²) in [4.78, 5) is 0. The van der Waals surface area contributed by atoms with Crippen molar-refractivity contribution in [2.75, 3.05) is 23.0 Å². The molecule has 6 heteroatoms. The van der Waals surface area contributed by atoms with Crippen LogP contribution in [0.15, 0.2) is 72.8 Å². The third-order valence-corrected chi connectivity index (χ3v) is 21.7. The molecule has 366 valence electrons. The molecule has 0 N–H and O–H groups in total. The van der Waals surface area contributed by atoms with Crippen molar-refractivity contribution in [3.63, 3.8) is 0 Å². The minimum Gasteiger partial charge on any atom is -0.162 e. The third kappa shape index (κ3) is 15.2. The number of rotatable bonds is 35. The zero-order valence-electron chi connectivity index (χ0n) is 42.0. The molecule has 0 atom stereocenters. The van der Waals surface area contributed by atoms with Crippen LogP contribution in [-0.2, 0) is 25.7 Å². The fourth-order valence-electron chi connectivity index (χ4n) is 10.3. The highest BCUT2D eigenvalue weighted by Gasteiger charge is 2.15. The predicted octanol–water partition coefficient (Wildman–Crippen LogP) is 22.6. The first-order valence-electron chi connectivity index (χ1n) is 27.6. The quantitative estimate of drug-likeness (QED) is 0.0363. The molecule has 4 heterocycles. The van der Waals surface area contributed by atoms with Crippen molar-refractivity contribution >= 4 is 128 Å². The van der Waals surface area contributed by atoms with E-state index in [2.05, 4.69) is 110 Å². The maximum absolute atomic E-state index is 2.50. The fraction of sp³-hybridized carbons (Fsp3) is 0.548. The lowest BCUT2D eigenvalue weighted by molar-refractivity contribution is 0.563. The highest BCUT2D eigenvalue weighted by molar-refractivity contribution is 7.99. The van der Waals surface area contributed by atoms with Crippen LogP contribution < -0.4 is 0 Å². The van der Waals surface area contributed by atoms with Gasteiger partial charge in [0.2, 0.25) is 0 Å². The van der Waals surface area contributed by atoms with E-state index < -0.39 is 0 Å². The Kier molecular flexibility index (Phi) is 22.2. The van der Waals surface area contributed by atoms with E-state index in [1.54, 1.807) is 0 Å². The van der Waals surface area contributed by atoms with E-state index in [9.17, 15) is 0 Å². The van der Waals surface area contributed by atoms with Crippen LogP contribution in [0.2, 0.25) is 0 Å². The highest BCUT2D eigenvalue weighted by Crippen LogP contribution is 2.46. The van der Waals surface area contributed by atoms with Crippen molar-refractivity contribution < 1.29 is 0 Å². The predicted molar refractivity (Wildman–Crippen MR) is 321 cm³/mol. The van der Waals surface area contributed by atoms with Crippen molar-refractivity contribution in [2.24, 2.45) is 0 Å². The van der Waals surface area contributed by atoms with Gasteiger partial charge in [0.1, 0.15) is 0 Å². The second-order valence-corrected chi connectivity index (χ2v) is 26.7. The smallest absolute Gasteiger partial charge is 0.0542 e. The number of thiophene rings is 4. The molecule has 4 aromatic carbocycles. The number of unbranched alkanes of at least 4 members (excludes halogenated alkanes) is 19. The van der Waals surface area contributed by atoms with Gasteiger partial charge < -0.3 is 0 Å². The van der Waals surface area contributed by atoms with Crippen molar-refractivity contribution in [3.05, 3.63) is 95.1 Å². The molecular formula is C62H82S6. The van der Waals surface area contributed by atoms with Gasteiger partial charge >= 0.3 is 0 Å². The summed E-state index contributed by atoms with van der Waals surface area (Å²) in [5.74, 6) is 5.27. The van der Waals surface area contributed by atoms with Gasteiger partial charge in [-0.15, -0.1) is 45.3 Å². The van der Waals surface area contributed by atoms with Crippen LogP contribution in [0.3, 0.4) is 0 Å². The molecule has 0 spiro atoms. The molecule has 0 fully saturated rings. The monoisotopic (exact) mass is 1020 g/mol. The van der Waals surface area contributed by atoms with Gasteiger partial charge in [-0.2, -0.15) is 23.5 Å². The fourth-order valence-corrected chi connectivity index (χ4v) is 17.8. The zero-order chi connectivity index (χ0) is 46.6. The van der Waals surface area contributed by atoms with Crippen molar-refractivity contribution in [1.82, 2.24) is 0 Å². The van der Waals surface area contributed by atoms with Crippen LogP contribution >= 0.6 is 68.9 Å². The van der Waals surface area contributed by atoms with E-state index in [1.807, 2.05) is 45.3 Å². The lowest BCUT2D eigenvalue weighted by Gasteiger charge is -2.04. The largest absolute Gasteiger partial charge is 0.162 e. The van der Waals surface area contributed by atoms with Crippen LogP contribution in [0.1, 0.15) is 190 Å². The number of fused-ring (bicyclic) bond motifs is 10. The van der Waals surface area contributed by atoms with Gasteiger partial charge in [0, 0.05) is 40.3 Å². The molecule has 0 aliphatic rings. The van der Waals surface area contributed by atoms with Crippen LogP contribution in [0.5, 0.6) is 0 Å². The molecule has 0 bridgehead atoms. The van der Waals surface area contributed by atoms with Gasteiger partial charge in [0.25, 0.3) is 0 Å². The van der Waals surface area contributed by atoms with E-state index >= 15 is 0 Å². The Morgan fingerprint density at radius 2 is 0.529 bits per heavy atom. The van der Waals surface area contributed by atoms with Gasteiger partial charge in [0.15, 0.2) is 0 Å². The van der Waals surface area contributed by atoms with Crippen LogP contribution in [0.4, 0.5) is 0 Å². The summed E-state index contributed by atoms with van der Waals surface area (Å²) in [5, 5.41) is 5.83. The molecule has 0 aliphatic heterocycles. The minimum atomic E-state index is 1.16. The standard InChI is InChI=1S/C62H82S6/c1-3-5-7-9-11-13-15-17-19-23-39-63-41-25-29-49-33-37-53-57(45-49)67-59-51-35-31-47(43-55(51)65-61(53)59)27-21-22-28-48-32-36-52-56(44-48)66-62-54-38-34-50(46-58(54)68-60(52)62)30-26-42-64-40-24-20-18-16-14-12-10-8-6-4-2/h31-38,43-46H,3-30,39-42H2,1-2H3. The van der Waals surface area contributed by atoms with E-state index in [1.165, 1.54) is 271 Å². The first-order valence-corrected chi connectivity index (χ1v) is 33.1. The van der Waals surface area contributed by atoms with Gasteiger partial charge in [-0.25, -0.2) is 0 Å². The summed E-state index contributed by atoms with van der Waals surface area (Å²) in [6.07, 6.45) is 38.4. The van der Waals surface area contributed by atoms with E-state index in [0.717, 1.165) is 12.8 Å². The van der Waals surface area contributed by atoms with Crippen molar-refractivity contribution in [3.8, 4) is 0 Å². The summed E-state index contributed by atoms with van der Waals surface area (Å²) < 4.78 is 11.8. The average Bonchev–Trinajstić information content (AvgIpc) is 4.10.